The van der Waals surface area contributed by atoms with Crippen LogP contribution in [-0.2, 0) is 11.2 Å². The van der Waals surface area contributed by atoms with Crippen LogP contribution >= 0.6 is 27.7 Å². The molecule has 0 heterocycles. The van der Waals surface area contributed by atoms with E-state index in [1.54, 1.807) is 11.8 Å². The summed E-state index contributed by atoms with van der Waals surface area (Å²) >= 11 is 4.96. The smallest absolute Gasteiger partial charge is 0.230 e. The summed E-state index contributed by atoms with van der Waals surface area (Å²) < 4.78 is 1.05. The molecule has 2 aromatic carbocycles. The molecule has 0 aliphatic carbocycles. The Labute approximate surface area is 151 Å². The number of hydrogen-bond acceptors (Lipinski definition) is 2. The maximum atomic E-state index is 11.9. The Kier molecular flexibility index (Phi) is 7.18. The van der Waals surface area contributed by atoms with E-state index in [1.807, 2.05) is 24.3 Å². The van der Waals surface area contributed by atoms with Crippen molar-refractivity contribution >= 4 is 33.6 Å². The zero-order chi connectivity index (χ0) is 16.7. The van der Waals surface area contributed by atoms with Crippen LogP contribution in [0.2, 0.25) is 0 Å². The maximum absolute atomic E-state index is 11.9. The Hall–Kier alpha value is -1.26. The SMILES string of the molecule is CC(C)c1ccc(CCNC(=O)CSc2ccc(Br)cc2)cc1. The molecular formula is C19H22BrNOS. The van der Waals surface area contributed by atoms with Gasteiger partial charge in [-0.15, -0.1) is 11.8 Å². The molecule has 0 aliphatic rings. The predicted molar refractivity (Wildman–Crippen MR) is 102 cm³/mol. The van der Waals surface area contributed by atoms with Gasteiger partial charge in [-0.3, -0.25) is 4.79 Å². The van der Waals surface area contributed by atoms with E-state index in [9.17, 15) is 4.79 Å². The first-order valence-corrected chi connectivity index (χ1v) is 9.56. The van der Waals surface area contributed by atoms with Crippen LogP contribution in [0.5, 0.6) is 0 Å². The molecule has 1 amide bonds. The Balaban J connectivity index is 1.69. The Bertz CT molecular complexity index is 623. The second-order valence-corrected chi connectivity index (χ2v) is 7.70. The number of nitrogens with one attached hydrogen (secondary N) is 1. The van der Waals surface area contributed by atoms with Crippen LogP contribution < -0.4 is 5.32 Å². The van der Waals surface area contributed by atoms with Gasteiger partial charge in [-0.1, -0.05) is 54.0 Å². The third kappa shape index (κ3) is 6.40. The van der Waals surface area contributed by atoms with Crippen molar-refractivity contribution in [2.45, 2.75) is 31.1 Å². The standard InChI is InChI=1S/C19H22BrNOS/c1-14(2)16-5-3-15(4-6-16)11-12-21-19(22)13-23-18-9-7-17(20)8-10-18/h3-10,14H,11-13H2,1-2H3,(H,21,22). The van der Waals surface area contributed by atoms with Gasteiger partial charge in [0.05, 0.1) is 5.75 Å². The number of benzene rings is 2. The van der Waals surface area contributed by atoms with E-state index in [1.165, 1.54) is 11.1 Å². The molecule has 2 aromatic rings. The van der Waals surface area contributed by atoms with E-state index in [4.69, 9.17) is 0 Å². The number of hydrogen-bond donors (Lipinski definition) is 1. The van der Waals surface area contributed by atoms with Gasteiger partial charge in [0.25, 0.3) is 0 Å². The van der Waals surface area contributed by atoms with Crippen LogP contribution in [0.15, 0.2) is 57.9 Å². The van der Waals surface area contributed by atoms with Crippen LogP contribution in [-0.4, -0.2) is 18.2 Å². The highest BCUT2D eigenvalue weighted by atomic mass is 79.9. The van der Waals surface area contributed by atoms with Crippen LogP contribution in [0.25, 0.3) is 0 Å². The van der Waals surface area contributed by atoms with Gasteiger partial charge in [0.15, 0.2) is 0 Å². The molecule has 0 saturated heterocycles. The summed E-state index contributed by atoms with van der Waals surface area (Å²) in [5.41, 5.74) is 2.61. The molecular weight excluding hydrogens is 370 g/mol. The van der Waals surface area contributed by atoms with Crippen molar-refractivity contribution in [2.75, 3.05) is 12.3 Å². The lowest BCUT2D eigenvalue weighted by atomic mass is 10.0. The fourth-order valence-electron chi connectivity index (χ4n) is 2.15. The maximum Gasteiger partial charge on any atom is 0.230 e. The van der Waals surface area contributed by atoms with Crippen LogP contribution in [0.3, 0.4) is 0 Å². The highest BCUT2D eigenvalue weighted by molar-refractivity contribution is 9.10. The molecule has 1 N–H and O–H groups in total. The molecule has 0 fully saturated rings. The molecule has 122 valence electrons. The summed E-state index contributed by atoms with van der Waals surface area (Å²) in [4.78, 5) is 13.0. The summed E-state index contributed by atoms with van der Waals surface area (Å²) in [6.45, 7) is 5.07. The first-order valence-electron chi connectivity index (χ1n) is 7.78. The zero-order valence-corrected chi connectivity index (χ0v) is 15.9. The first kappa shape index (κ1) is 18.1. The lowest BCUT2D eigenvalue weighted by Crippen LogP contribution is -2.27. The molecule has 0 saturated carbocycles. The largest absolute Gasteiger partial charge is 0.355 e. The number of carbonyl (C=O) groups is 1. The van der Waals surface area contributed by atoms with Crippen molar-refractivity contribution in [1.29, 1.82) is 0 Å². The molecule has 0 atom stereocenters. The average Bonchev–Trinajstić information content (AvgIpc) is 2.55. The minimum Gasteiger partial charge on any atom is -0.355 e. The third-order valence-electron chi connectivity index (χ3n) is 3.57. The molecule has 0 bridgehead atoms. The summed E-state index contributed by atoms with van der Waals surface area (Å²) in [7, 11) is 0. The van der Waals surface area contributed by atoms with E-state index < -0.39 is 0 Å². The molecule has 0 spiro atoms. The van der Waals surface area contributed by atoms with E-state index >= 15 is 0 Å². The van der Waals surface area contributed by atoms with E-state index in [0.29, 0.717) is 18.2 Å². The van der Waals surface area contributed by atoms with Crippen LogP contribution in [0.1, 0.15) is 30.9 Å². The van der Waals surface area contributed by atoms with E-state index in [2.05, 4.69) is 59.4 Å². The molecule has 0 unspecified atom stereocenters. The zero-order valence-electron chi connectivity index (χ0n) is 13.5. The van der Waals surface area contributed by atoms with Crippen molar-refractivity contribution < 1.29 is 4.79 Å². The van der Waals surface area contributed by atoms with Crippen molar-refractivity contribution in [3.05, 3.63) is 64.1 Å². The van der Waals surface area contributed by atoms with Crippen LogP contribution in [0.4, 0.5) is 0 Å². The minimum atomic E-state index is 0.0803. The number of amides is 1. The molecule has 0 aliphatic heterocycles. The van der Waals surface area contributed by atoms with Gasteiger partial charge in [0.2, 0.25) is 5.91 Å². The lowest BCUT2D eigenvalue weighted by molar-refractivity contribution is -0.118. The summed E-state index contributed by atoms with van der Waals surface area (Å²) in [6.07, 6.45) is 0.868. The Morgan fingerprint density at radius 3 is 2.35 bits per heavy atom. The summed E-state index contributed by atoms with van der Waals surface area (Å²) in [6, 6.07) is 16.6. The highest BCUT2D eigenvalue weighted by Gasteiger charge is 2.03. The van der Waals surface area contributed by atoms with Crippen molar-refractivity contribution in [1.82, 2.24) is 5.32 Å². The second kappa shape index (κ2) is 9.14. The predicted octanol–water partition coefficient (Wildman–Crippen LogP) is 5.02. The van der Waals surface area contributed by atoms with Gasteiger partial charge in [-0.05, 0) is 47.7 Å². The van der Waals surface area contributed by atoms with Crippen molar-refractivity contribution in [3.63, 3.8) is 0 Å². The van der Waals surface area contributed by atoms with Gasteiger partial charge in [-0.25, -0.2) is 0 Å². The van der Waals surface area contributed by atoms with Crippen molar-refractivity contribution in [3.8, 4) is 0 Å². The number of halogens is 1. The van der Waals surface area contributed by atoms with Gasteiger partial charge >= 0.3 is 0 Å². The number of carbonyl (C=O) groups excluding carboxylic acids is 1. The third-order valence-corrected chi connectivity index (χ3v) is 5.11. The van der Waals surface area contributed by atoms with Gasteiger partial charge in [-0.2, -0.15) is 0 Å². The minimum absolute atomic E-state index is 0.0803. The highest BCUT2D eigenvalue weighted by Crippen LogP contribution is 2.20. The normalized spacial score (nSPS) is 10.8. The number of rotatable bonds is 7. The monoisotopic (exact) mass is 391 g/mol. The van der Waals surface area contributed by atoms with Crippen molar-refractivity contribution in [2.24, 2.45) is 0 Å². The Morgan fingerprint density at radius 2 is 1.74 bits per heavy atom. The summed E-state index contributed by atoms with van der Waals surface area (Å²) in [5.74, 6) is 1.09. The lowest BCUT2D eigenvalue weighted by Gasteiger charge is -2.08. The fourth-order valence-corrected chi connectivity index (χ4v) is 3.14. The molecule has 0 aromatic heterocycles. The average molecular weight is 392 g/mol. The van der Waals surface area contributed by atoms with Gasteiger partial charge < -0.3 is 5.32 Å². The summed E-state index contributed by atoms with van der Waals surface area (Å²) in [5, 5.41) is 2.98. The fraction of sp³-hybridized carbons (Fsp3) is 0.316. The second-order valence-electron chi connectivity index (χ2n) is 5.74. The van der Waals surface area contributed by atoms with Gasteiger partial charge in [0, 0.05) is 15.9 Å². The molecule has 4 heteroatoms. The molecule has 23 heavy (non-hydrogen) atoms. The first-order chi connectivity index (χ1) is 11.0. The molecule has 0 radical (unpaired) electrons. The van der Waals surface area contributed by atoms with E-state index in [0.717, 1.165) is 15.8 Å². The van der Waals surface area contributed by atoms with Crippen LogP contribution in [0, 0.1) is 0 Å². The Morgan fingerprint density at radius 1 is 1.09 bits per heavy atom. The quantitative estimate of drug-likeness (QED) is 0.670. The topological polar surface area (TPSA) is 29.1 Å². The van der Waals surface area contributed by atoms with E-state index in [-0.39, 0.29) is 5.91 Å². The molecule has 2 nitrogen and oxygen atoms in total. The van der Waals surface area contributed by atoms with Gasteiger partial charge in [0.1, 0.15) is 0 Å². The number of thioether (sulfide) groups is 1. The molecule has 2 rings (SSSR count).